The maximum atomic E-state index is 12.5. The third-order valence-corrected chi connectivity index (χ3v) is 3.26. The van der Waals surface area contributed by atoms with Gasteiger partial charge in [0.15, 0.2) is 5.88 Å². The van der Waals surface area contributed by atoms with Crippen molar-refractivity contribution in [2.45, 2.75) is 6.18 Å². The highest BCUT2D eigenvalue weighted by Crippen LogP contribution is 2.30. The molecule has 9 heteroatoms. The van der Waals surface area contributed by atoms with Crippen LogP contribution in [0.15, 0.2) is 53.5 Å². The molecule has 0 aliphatic rings. The molecule has 6 nitrogen and oxygen atoms in total. The van der Waals surface area contributed by atoms with Crippen LogP contribution in [0.1, 0.15) is 11.1 Å². The van der Waals surface area contributed by atoms with E-state index in [4.69, 9.17) is 15.0 Å². The number of para-hydroxylation sites is 1. The lowest BCUT2D eigenvalue weighted by Gasteiger charge is -2.05. The van der Waals surface area contributed by atoms with Gasteiger partial charge in [-0.25, -0.2) is 4.79 Å². The SMILES string of the molecule is O=C(O)O.Oc1[nH]c2ccccc2c1C=Nc1ccc(C(F)(F)F)cc1. The highest BCUT2D eigenvalue weighted by Gasteiger charge is 2.29. The Morgan fingerprint density at radius 1 is 1.04 bits per heavy atom. The number of alkyl halides is 3. The number of aromatic hydroxyl groups is 1. The predicted molar refractivity (Wildman–Crippen MR) is 89.3 cm³/mol. The number of carboxylic acid groups (broad SMARTS) is 2. The molecular weight excluding hydrogens is 353 g/mol. The molecule has 0 radical (unpaired) electrons. The van der Waals surface area contributed by atoms with E-state index in [0.717, 1.165) is 23.0 Å². The average Bonchev–Trinajstić information content (AvgIpc) is 2.87. The topological polar surface area (TPSA) is 106 Å². The number of aromatic nitrogens is 1. The summed E-state index contributed by atoms with van der Waals surface area (Å²) in [5.74, 6) is -0.0307. The maximum Gasteiger partial charge on any atom is 0.503 e. The zero-order chi connectivity index (χ0) is 19.3. The first-order valence-electron chi connectivity index (χ1n) is 7.11. The molecule has 3 rings (SSSR count). The summed E-state index contributed by atoms with van der Waals surface area (Å²) in [7, 11) is 0. The van der Waals surface area contributed by atoms with Gasteiger partial charge in [-0.1, -0.05) is 18.2 Å². The molecule has 1 heterocycles. The van der Waals surface area contributed by atoms with E-state index in [9.17, 15) is 18.3 Å². The minimum Gasteiger partial charge on any atom is -0.494 e. The number of halogens is 3. The van der Waals surface area contributed by atoms with Crippen LogP contribution in [0.4, 0.5) is 23.7 Å². The van der Waals surface area contributed by atoms with E-state index in [1.54, 1.807) is 0 Å². The average molecular weight is 366 g/mol. The van der Waals surface area contributed by atoms with Crippen molar-refractivity contribution in [3.63, 3.8) is 0 Å². The van der Waals surface area contributed by atoms with Crippen molar-refractivity contribution in [3.05, 3.63) is 59.7 Å². The van der Waals surface area contributed by atoms with Crippen molar-refractivity contribution < 1.29 is 33.3 Å². The second-order valence-electron chi connectivity index (χ2n) is 5.02. The zero-order valence-corrected chi connectivity index (χ0v) is 13.0. The fourth-order valence-corrected chi connectivity index (χ4v) is 2.16. The van der Waals surface area contributed by atoms with Crippen molar-refractivity contribution >= 4 is 29.0 Å². The summed E-state index contributed by atoms with van der Waals surface area (Å²) in [6.07, 6.45) is -4.77. The molecule has 0 spiro atoms. The Morgan fingerprint density at radius 2 is 1.62 bits per heavy atom. The van der Waals surface area contributed by atoms with Gasteiger partial charge >= 0.3 is 12.3 Å². The lowest BCUT2D eigenvalue weighted by atomic mass is 10.2. The third kappa shape index (κ3) is 4.76. The Morgan fingerprint density at radius 3 is 2.19 bits per heavy atom. The fourth-order valence-electron chi connectivity index (χ4n) is 2.16. The van der Waals surface area contributed by atoms with Gasteiger partial charge in [0, 0.05) is 17.1 Å². The number of benzene rings is 2. The molecule has 3 aromatic rings. The Balaban J connectivity index is 0.000000552. The van der Waals surface area contributed by atoms with E-state index in [1.165, 1.54) is 18.3 Å². The Labute approximate surface area is 144 Å². The van der Waals surface area contributed by atoms with Crippen molar-refractivity contribution in [1.29, 1.82) is 0 Å². The summed E-state index contributed by atoms with van der Waals surface area (Å²) in [4.78, 5) is 15.5. The second-order valence-corrected chi connectivity index (χ2v) is 5.02. The Bertz CT molecular complexity index is 927. The maximum absolute atomic E-state index is 12.5. The molecule has 0 fully saturated rings. The van der Waals surface area contributed by atoms with E-state index in [-0.39, 0.29) is 5.88 Å². The van der Waals surface area contributed by atoms with Gasteiger partial charge in [-0.2, -0.15) is 13.2 Å². The van der Waals surface area contributed by atoms with Crippen molar-refractivity contribution in [2.75, 3.05) is 0 Å². The van der Waals surface area contributed by atoms with Crippen LogP contribution in [0, 0.1) is 0 Å². The smallest absolute Gasteiger partial charge is 0.494 e. The van der Waals surface area contributed by atoms with E-state index in [2.05, 4.69) is 9.98 Å². The number of carbonyl (C=O) groups is 1. The molecule has 0 saturated heterocycles. The van der Waals surface area contributed by atoms with Gasteiger partial charge in [0.05, 0.1) is 16.8 Å². The molecule has 4 N–H and O–H groups in total. The van der Waals surface area contributed by atoms with E-state index in [1.807, 2.05) is 24.3 Å². The van der Waals surface area contributed by atoms with Crippen LogP contribution < -0.4 is 0 Å². The highest BCUT2D eigenvalue weighted by atomic mass is 19.4. The quantitative estimate of drug-likeness (QED) is 0.486. The van der Waals surface area contributed by atoms with Gasteiger partial charge in [-0.05, 0) is 30.3 Å². The standard InChI is InChI=1S/C16H11F3N2O.CH2O3/c17-16(18,19)10-5-7-11(8-6-10)20-9-13-12-3-1-2-4-14(12)21-15(13)22;2-1(3)4/h1-9,21-22H;(H2,2,3,4). The molecule has 0 aliphatic carbocycles. The van der Waals surface area contributed by atoms with Crippen LogP contribution >= 0.6 is 0 Å². The predicted octanol–water partition coefficient (Wildman–Crippen LogP) is 4.87. The minimum absolute atomic E-state index is 0.0307. The molecule has 0 bridgehead atoms. The van der Waals surface area contributed by atoms with Gasteiger partial charge < -0.3 is 20.3 Å². The third-order valence-electron chi connectivity index (χ3n) is 3.26. The van der Waals surface area contributed by atoms with Crippen molar-refractivity contribution in [2.24, 2.45) is 4.99 Å². The number of hydrogen-bond acceptors (Lipinski definition) is 3. The monoisotopic (exact) mass is 366 g/mol. The molecule has 2 aromatic carbocycles. The summed E-state index contributed by atoms with van der Waals surface area (Å²) in [5, 5.41) is 24.6. The zero-order valence-electron chi connectivity index (χ0n) is 13.0. The van der Waals surface area contributed by atoms with Crippen LogP contribution in [0.25, 0.3) is 10.9 Å². The molecule has 0 aliphatic heterocycles. The van der Waals surface area contributed by atoms with Gasteiger partial charge in [-0.15, -0.1) is 0 Å². The minimum atomic E-state index is -4.36. The van der Waals surface area contributed by atoms with Crippen LogP contribution in [-0.4, -0.2) is 32.7 Å². The number of rotatable bonds is 2. The molecular formula is C17H13F3N2O4. The first-order valence-corrected chi connectivity index (χ1v) is 7.11. The van der Waals surface area contributed by atoms with Gasteiger partial charge in [0.25, 0.3) is 0 Å². The summed E-state index contributed by atoms with van der Waals surface area (Å²) >= 11 is 0. The van der Waals surface area contributed by atoms with Crippen LogP contribution in [-0.2, 0) is 6.18 Å². The Hall–Kier alpha value is -3.49. The van der Waals surface area contributed by atoms with E-state index in [0.29, 0.717) is 11.3 Å². The van der Waals surface area contributed by atoms with Crippen LogP contribution in [0.3, 0.4) is 0 Å². The van der Waals surface area contributed by atoms with Crippen LogP contribution in [0.5, 0.6) is 5.88 Å². The normalized spacial score (nSPS) is 11.3. The number of aromatic amines is 1. The van der Waals surface area contributed by atoms with Crippen molar-refractivity contribution in [1.82, 2.24) is 4.98 Å². The molecule has 26 heavy (non-hydrogen) atoms. The number of hydrogen-bond donors (Lipinski definition) is 4. The molecule has 0 atom stereocenters. The van der Waals surface area contributed by atoms with Gasteiger partial charge in [0.1, 0.15) is 0 Å². The summed E-state index contributed by atoms with van der Waals surface area (Å²) < 4.78 is 37.4. The molecule has 0 unspecified atom stereocenters. The van der Waals surface area contributed by atoms with Crippen LogP contribution in [0.2, 0.25) is 0 Å². The highest BCUT2D eigenvalue weighted by molar-refractivity contribution is 6.02. The first-order chi connectivity index (χ1) is 12.2. The second kappa shape index (κ2) is 7.60. The summed E-state index contributed by atoms with van der Waals surface area (Å²) in [5.41, 5.74) is 0.906. The van der Waals surface area contributed by atoms with E-state index < -0.39 is 17.9 Å². The number of aliphatic imine (C=N–C) groups is 1. The number of H-pyrrole nitrogens is 1. The molecule has 0 saturated carbocycles. The number of fused-ring (bicyclic) bond motifs is 1. The Kier molecular flexibility index (Phi) is 5.51. The lowest BCUT2D eigenvalue weighted by molar-refractivity contribution is -0.137. The summed E-state index contributed by atoms with van der Waals surface area (Å²) in [6, 6.07) is 11.8. The fraction of sp³-hybridized carbons (Fsp3) is 0.0588. The first kappa shape index (κ1) is 18.8. The largest absolute Gasteiger partial charge is 0.503 e. The number of nitrogens with one attached hydrogen (secondary N) is 1. The summed E-state index contributed by atoms with van der Waals surface area (Å²) in [6.45, 7) is 0. The van der Waals surface area contributed by atoms with Gasteiger partial charge in [-0.3, -0.25) is 4.99 Å². The van der Waals surface area contributed by atoms with Gasteiger partial charge in [0.2, 0.25) is 0 Å². The number of nitrogens with zero attached hydrogens (tertiary/aromatic N) is 1. The molecule has 0 amide bonds. The van der Waals surface area contributed by atoms with E-state index >= 15 is 0 Å². The van der Waals surface area contributed by atoms with Crippen molar-refractivity contribution in [3.8, 4) is 5.88 Å². The lowest BCUT2D eigenvalue weighted by Crippen LogP contribution is -2.03. The molecule has 136 valence electrons. The molecule has 1 aromatic heterocycles.